The quantitative estimate of drug-likeness (QED) is 0.0460. The van der Waals surface area contributed by atoms with Gasteiger partial charge in [0.25, 0.3) is 0 Å². The summed E-state index contributed by atoms with van der Waals surface area (Å²) in [6, 6.07) is -1.24. The third-order valence-electron chi connectivity index (χ3n) is 7.64. The van der Waals surface area contributed by atoms with Crippen LogP contribution in [0.2, 0.25) is 0 Å². The van der Waals surface area contributed by atoms with Crippen molar-refractivity contribution in [1.29, 1.82) is 0 Å². The highest BCUT2D eigenvalue weighted by atomic mass is 16.5. The highest BCUT2D eigenvalue weighted by molar-refractivity contribution is 5.85. The smallest absolute Gasteiger partial charge is 0.326 e. The molecule has 0 bridgehead atoms. The maximum absolute atomic E-state index is 12.1. The molecule has 0 rings (SSSR count). The summed E-state index contributed by atoms with van der Waals surface area (Å²) in [7, 11) is 0. The van der Waals surface area contributed by atoms with E-state index in [1.807, 2.05) is 0 Å². The summed E-state index contributed by atoms with van der Waals surface area (Å²) in [6.07, 6.45) is 17.1. The average molecular weight is 718 g/mol. The van der Waals surface area contributed by atoms with Gasteiger partial charge in [0, 0.05) is 32.4 Å². The normalized spacial score (nSPS) is 11.5. The number of ether oxygens (including phenoxy) is 4. The van der Waals surface area contributed by atoms with Crippen molar-refractivity contribution in [1.82, 2.24) is 16.0 Å². The molecule has 50 heavy (non-hydrogen) atoms. The van der Waals surface area contributed by atoms with Gasteiger partial charge in [0.05, 0.1) is 39.6 Å². The molecule has 0 heterocycles. The maximum atomic E-state index is 12.1. The Labute approximate surface area is 297 Å². The summed E-state index contributed by atoms with van der Waals surface area (Å²) in [6.45, 7) is 1.64. The molecule has 15 nitrogen and oxygen atoms in total. The molecule has 0 aromatic carbocycles. The Morgan fingerprint density at radius 3 is 1.44 bits per heavy atom. The van der Waals surface area contributed by atoms with Gasteiger partial charge in [-0.25, -0.2) is 4.79 Å². The van der Waals surface area contributed by atoms with Crippen LogP contribution in [0.4, 0.5) is 0 Å². The van der Waals surface area contributed by atoms with Gasteiger partial charge in [0.2, 0.25) is 17.7 Å². The Balaban J connectivity index is 3.58. The van der Waals surface area contributed by atoms with Crippen LogP contribution < -0.4 is 16.0 Å². The van der Waals surface area contributed by atoms with Gasteiger partial charge >= 0.3 is 11.9 Å². The van der Waals surface area contributed by atoms with Crippen LogP contribution in [0.3, 0.4) is 0 Å². The van der Waals surface area contributed by atoms with E-state index in [1.165, 1.54) is 51.4 Å². The number of hydrogen-bond donors (Lipinski definition) is 5. The number of hydrogen-bond acceptors (Lipinski definition) is 10. The van der Waals surface area contributed by atoms with Gasteiger partial charge in [-0.05, 0) is 19.3 Å². The second-order valence-corrected chi connectivity index (χ2v) is 12.1. The van der Waals surface area contributed by atoms with E-state index < -0.39 is 23.9 Å². The molecular weight excluding hydrogens is 654 g/mol. The molecule has 5 N–H and O–H groups in total. The number of aliphatic carboxylic acids is 2. The van der Waals surface area contributed by atoms with Crippen LogP contribution in [-0.2, 0) is 47.7 Å². The van der Waals surface area contributed by atoms with Gasteiger partial charge in [-0.3, -0.25) is 19.2 Å². The Hall–Kier alpha value is -3.14. The zero-order valence-electron chi connectivity index (χ0n) is 29.9. The molecule has 0 aromatic rings. The number of unbranched alkanes of at least 4 members (excludes halogenated alkanes) is 13. The lowest BCUT2D eigenvalue weighted by atomic mass is 10.0. The summed E-state index contributed by atoms with van der Waals surface area (Å²) in [5.74, 6) is -2.97. The lowest BCUT2D eigenvalue weighted by Gasteiger charge is -2.14. The van der Waals surface area contributed by atoms with Crippen molar-refractivity contribution in [2.24, 2.45) is 0 Å². The highest BCUT2D eigenvalue weighted by Gasteiger charge is 2.21. The van der Waals surface area contributed by atoms with E-state index in [9.17, 15) is 33.9 Å². The number of carbonyl (C=O) groups is 6. The van der Waals surface area contributed by atoms with Crippen LogP contribution in [-0.4, -0.2) is 118 Å². The van der Waals surface area contributed by atoms with Crippen molar-refractivity contribution >= 4 is 35.9 Å². The summed E-state index contributed by atoms with van der Waals surface area (Å²) in [5.41, 5.74) is 0. The lowest BCUT2D eigenvalue weighted by molar-refractivity contribution is -0.143. The summed E-state index contributed by atoms with van der Waals surface area (Å²) in [5, 5.41) is 25.7. The zero-order valence-corrected chi connectivity index (χ0v) is 29.9. The fourth-order valence-electron chi connectivity index (χ4n) is 4.89. The van der Waals surface area contributed by atoms with Crippen LogP contribution in [0.25, 0.3) is 0 Å². The van der Waals surface area contributed by atoms with E-state index in [0.717, 1.165) is 38.5 Å². The summed E-state index contributed by atoms with van der Waals surface area (Å²) in [4.78, 5) is 68.1. The monoisotopic (exact) mass is 717 g/mol. The van der Waals surface area contributed by atoms with Crippen LogP contribution in [0.1, 0.15) is 116 Å². The highest BCUT2D eigenvalue weighted by Crippen LogP contribution is 2.13. The minimum absolute atomic E-state index is 0.00219. The molecule has 290 valence electrons. The first-order chi connectivity index (χ1) is 24.3. The SMILES string of the molecule is O=CCOCCOCCNC(=O)CC[C@H](NC(=O)COCCOCCNC(=O)CCCCCCCCCCCCCCCCC(=O)O)C(=O)O. The lowest BCUT2D eigenvalue weighted by Crippen LogP contribution is -2.43. The Morgan fingerprint density at radius 2 is 0.960 bits per heavy atom. The second kappa shape index (κ2) is 35.7. The molecule has 0 saturated heterocycles. The molecule has 0 aliphatic heterocycles. The molecule has 0 aliphatic rings. The Morgan fingerprint density at radius 1 is 0.520 bits per heavy atom. The first-order valence-corrected chi connectivity index (χ1v) is 18.3. The van der Waals surface area contributed by atoms with Gasteiger partial charge < -0.3 is 49.9 Å². The minimum Gasteiger partial charge on any atom is -0.481 e. The molecule has 1 atom stereocenters. The molecule has 0 fully saturated rings. The van der Waals surface area contributed by atoms with Crippen LogP contribution in [0, 0.1) is 0 Å². The molecule has 0 aromatic heterocycles. The molecule has 0 spiro atoms. The van der Waals surface area contributed by atoms with Crippen molar-refractivity contribution in [2.75, 3.05) is 65.9 Å². The third-order valence-corrected chi connectivity index (χ3v) is 7.64. The number of rotatable bonds is 38. The van der Waals surface area contributed by atoms with Crippen LogP contribution in [0.15, 0.2) is 0 Å². The van der Waals surface area contributed by atoms with E-state index in [4.69, 9.17) is 24.1 Å². The zero-order chi connectivity index (χ0) is 36.9. The van der Waals surface area contributed by atoms with Crippen molar-refractivity contribution in [3.05, 3.63) is 0 Å². The van der Waals surface area contributed by atoms with E-state index in [1.54, 1.807) is 0 Å². The fourth-order valence-corrected chi connectivity index (χ4v) is 4.89. The van der Waals surface area contributed by atoms with Gasteiger partial charge in [0.1, 0.15) is 25.5 Å². The van der Waals surface area contributed by atoms with Crippen molar-refractivity contribution in [3.8, 4) is 0 Å². The predicted molar refractivity (Wildman–Crippen MR) is 186 cm³/mol. The van der Waals surface area contributed by atoms with E-state index in [-0.39, 0.29) is 83.9 Å². The van der Waals surface area contributed by atoms with E-state index in [2.05, 4.69) is 16.0 Å². The van der Waals surface area contributed by atoms with Crippen molar-refractivity contribution in [2.45, 2.75) is 122 Å². The number of aldehydes is 1. The number of nitrogens with one attached hydrogen (secondary N) is 3. The fraction of sp³-hybridized carbons (Fsp3) is 0.829. The maximum Gasteiger partial charge on any atom is 0.326 e. The number of carboxylic acid groups (broad SMARTS) is 2. The van der Waals surface area contributed by atoms with Gasteiger partial charge in [0.15, 0.2) is 0 Å². The van der Waals surface area contributed by atoms with Crippen LogP contribution in [0.5, 0.6) is 0 Å². The van der Waals surface area contributed by atoms with E-state index in [0.29, 0.717) is 25.9 Å². The second-order valence-electron chi connectivity index (χ2n) is 12.1. The molecule has 0 unspecified atom stereocenters. The van der Waals surface area contributed by atoms with Crippen LogP contribution >= 0.6 is 0 Å². The first kappa shape index (κ1) is 46.9. The first-order valence-electron chi connectivity index (χ1n) is 18.3. The predicted octanol–water partition coefficient (Wildman–Crippen LogP) is 3.16. The molecule has 0 radical (unpaired) electrons. The average Bonchev–Trinajstić information content (AvgIpc) is 3.08. The van der Waals surface area contributed by atoms with Gasteiger partial charge in [-0.15, -0.1) is 0 Å². The number of carboxylic acids is 2. The Kier molecular flexibility index (Phi) is 33.4. The number of carbonyl (C=O) groups excluding carboxylic acids is 4. The minimum atomic E-state index is -1.26. The molecule has 3 amide bonds. The van der Waals surface area contributed by atoms with E-state index >= 15 is 0 Å². The number of amides is 3. The topological polar surface area (TPSA) is 216 Å². The largest absolute Gasteiger partial charge is 0.481 e. The summed E-state index contributed by atoms with van der Waals surface area (Å²) >= 11 is 0. The molecular formula is C35H63N3O12. The van der Waals surface area contributed by atoms with Gasteiger partial charge in [-0.2, -0.15) is 0 Å². The third kappa shape index (κ3) is 34.7. The molecule has 0 saturated carbocycles. The standard InChI is InChI=1S/C35H63N3O12/c39-21-24-49-26-25-47-23-20-37-32(41)18-17-30(35(45)46)38-33(42)29-50-28-27-48-22-19-36-31(40)15-13-11-9-7-5-3-1-2-4-6-8-10-12-14-16-34(43)44/h21,30H,1-20,22-29H2,(H,36,40)(H,37,41)(H,38,42)(H,43,44)(H,45,46)/t30-/m0/s1. The Bertz CT molecular complexity index is 906. The van der Waals surface area contributed by atoms with Crippen molar-refractivity contribution in [3.63, 3.8) is 0 Å². The van der Waals surface area contributed by atoms with Gasteiger partial charge in [-0.1, -0.05) is 77.0 Å². The molecule has 15 heteroatoms. The van der Waals surface area contributed by atoms with Crippen molar-refractivity contribution < 1.29 is 57.9 Å². The summed E-state index contributed by atoms with van der Waals surface area (Å²) < 4.78 is 20.8. The molecule has 0 aliphatic carbocycles.